The van der Waals surface area contributed by atoms with Crippen LogP contribution in [0.5, 0.6) is 0 Å². The highest BCUT2D eigenvalue weighted by atomic mass is 16.3. The van der Waals surface area contributed by atoms with Gasteiger partial charge in [-0.25, -0.2) is 24.9 Å². The van der Waals surface area contributed by atoms with Gasteiger partial charge in [0, 0.05) is 44.0 Å². The van der Waals surface area contributed by atoms with E-state index in [2.05, 4.69) is 42.5 Å². The number of hydrogen-bond donors (Lipinski definition) is 0. The van der Waals surface area contributed by atoms with Crippen molar-refractivity contribution in [1.29, 1.82) is 0 Å². The van der Waals surface area contributed by atoms with Crippen LogP contribution < -0.4 is 0 Å². The summed E-state index contributed by atoms with van der Waals surface area (Å²) in [5.41, 5.74) is 11.0. The van der Waals surface area contributed by atoms with Gasteiger partial charge in [0.05, 0.1) is 0 Å². The molecule has 11 aromatic rings. The van der Waals surface area contributed by atoms with E-state index in [1.807, 2.05) is 133 Å². The second-order valence-electron chi connectivity index (χ2n) is 13.6. The second kappa shape index (κ2) is 13.0. The van der Waals surface area contributed by atoms with Crippen molar-refractivity contribution < 1.29 is 8.83 Å². The molecule has 0 aliphatic carbocycles. The molecular weight excluding hydrogens is 691 g/mol. The van der Waals surface area contributed by atoms with Crippen LogP contribution in [0.4, 0.5) is 0 Å². The Hall–Kier alpha value is -7.77. The maximum Gasteiger partial charge on any atom is 0.180 e. The molecule has 0 fully saturated rings. The van der Waals surface area contributed by atoms with E-state index in [0.29, 0.717) is 34.6 Å². The molecule has 7 heteroatoms. The van der Waals surface area contributed by atoms with Crippen LogP contribution in [-0.2, 0) is 0 Å². The quantitative estimate of drug-likeness (QED) is 0.169. The molecule has 0 saturated carbocycles. The number of nitrogens with zero attached hydrogens (tertiary/aromatic N) is 5. The maximum absolute atomic E-state index is 6.49. The first-order valence-electron chi connectivity index (χ1n) is 18.4. The van der Waals surface area contributed by atoms with Crippen molar-refractivity contribution in [2.24, 2.45) is 0 Å². The van der Waals surface area contributed by atoms with E-state index in [0.717, 1.165) is 77.4 Å². The van der Waals surface area contributed by atoms with Gasteiger partial charge in [-0.3, -0.25) is 0 Å². The molecule has 0 spiro atoms. The van der Waals surface area contributed by atoms with Crippen LogP contribution in [0.15, 0.2) is 185 Å². The highest BCUT2D eigenvalue weighted by Gasteiger charge is 2.22. The standard InChI is InChI=1S/C49H29N5O2/c1-4-13-30(14-5-1)31-23-25-34(26-24-31)48-52-47(33-17-8-3-9-18-33)53-49(54-48)37-20-12-22-41-42(37)38-29-35(27-28-40(38)55-41)43-45-44(36-19-10-11-21-39(36)56-45)51-46(50-43)32-15-6-2-7-16-32/h1-29H. The number of para-hydroxylation sites is 1. The molecule has 0 radical (unpaired) electrons. The van der Waals surface area contributed by atoms with Crippen LogP contribution in [0.2, 0.25) is 0 Å². The van der Waals surface area contributed by atoms with Gasteiger partial charge in [-0.1, -0.05) is 140 Å². The molecule has 262 valence electrons. The Kier molecular flexibility index (Phi) is 7.35. The summed E-state index contributed by atoms with van der Waals surface area (Å²) < 4.78 is 13.0. The van der Waals surface area contributed by atoms with Gasteiger partial charge in [0.25, 0.3) is 0 Å². The Morgan fingerprint density at radius 1 is 0.321 bits per heavy atom. The summed E-state index contributed by atoms with van der Waals surface area (Å²) in [6.07, 6.45) is 0. The number of benzene rings is 7. The third kappa shape index (κ3) is 5.41. The Bertz CT molecular complexity index is 3230. The number of fused-ring (bicyclic) bond motifs is 6. The zero-order valence-electron chi connectivity index (χ0n) is 29.8. The van der Waals surface area contributed by atoms with Crippen LogP contribution in [0, 0.1) is 0 Å². The topological polar surface area (TPSA) is 90.7 Å². The summed E-state index contributed by atoms with van der Waals surface area (Å²) >= 11 is 0. The molecule has 0 aliphatic rings. The number of aromatic nitrogens is 5. The fraction of sp³-hybridized carbons (Fsp3) is 0. The minimum Gasteiger partial charge on any atom is -0.456 e. The monoisotopic (exact) mass is 719 g/mol. The first-order valence-corrected chi connectivity index (χ1v) is 18.4. The molecule has 0 N–H and O–H groups in total. The molecule has 0 amide bonds. The summed E-state index contributed by atoms with van der Waals surface area (Å²) in [5.74, 6) is 2.35. The Balaban J connectivity index is 1.11. The lowest BCUT2D eigenvalue weighted by Gasteiger charge is -2.10. The lowest BCUT2D eigenvalue weighted by molar-refractivity contribution is 0.666. The fourth-order valence-corrected chi connectivity index (χ4v) is 7.45. The summed E-state index contributed by atoms with van der Waals surface area (Å²) in [5, 5.41) is 2.75. The SMILES string of the molecule is c1ccc(-c2ccc(-c3nc(-c4ccccc4)nc(-c4cccc5oc6ccc(-c7nc(-c8ccccc8)nc8c7oc7ccccc78)cc6c45)n3)cc2)cc1. The van der Waals surface area contributed by atoms with Gasteiger partial charge < -0.3 is 8.83 Å². The first kappa shape index (κ1) is 31.7. The lowest BCUT2D eigenvalue weighted by Crippen LogP contribution is -2.00. The van der Waals surface area contributed by atoms with Crippen molar-refractivity contribution in [2.45, 2.75) is 0 Å². The Morgan fingerprint density at radius 3 is 1.55 bits per heavy atom. The van der Waals surface area contributed by atoms with Crippen LogP contribution in [-0.4, -0.2) is 24.9 Å². The van der Waals surface area contributed by atoms with E-state index >= 15 is 0 Å². The highest BCUT2D eigenvalue weighted by molar-refractivity contribution is 6.14. The molecule has 4 heterocycles. The third-order valence-corrected chi connectivity index (χ3v) is 10.2. The Labute approximate surface area is 320 Å². The molecule has 56 heavy (non-hydrogen) atoms. The molecule has 7 nitrogen and oxygen atoms in total. The molecule has 0 atom stereocenters. The summed E-state index contributed by atoms with van der Waals surface area (Å²) in [7, 11) is 0. The molecule has 4 aromatic heterocycles. The molecule has 0 unspecified atom stereocenters. The normalized spacial score (nSPS) is 11.6. The van der Waals surface area contributed by atoms with Gasteiger partial charge in [0.1, 0.15) is 28.0 Å². The smallest absolute Gasteiger partial charge is 0.180 e. The van der Waals surface area contributed by atoms with Crippen molar-refractivity contribution >= 4 is 44.0 Å². The fourth-order valence-electron chi connectivity index (χ4n) is 7.45. The lowest BCUT2D eigenvalue weighted by atomic mass is 10.0. The predicted molar refractivity (Wildman–Crippen MR) is 223 cm³/mol. The van der Waals surface area contributed by atoms with Crippen molar-refractivity contribution in [2.75, 3.05) is 0 Å². The average Bonchev–Trinajstić information content (AvgIpc) is 3.85. The average molecular weight is 720 g/mol. The van der Waals surface area contributed by atoms with E-state index in [-0.39, 0.29) is 0 Å². The molecular formula is C49H29N5O2. The summed E-state index contributed by atoms with van der Waals surface area (Å²) in [6, 6.07) is 58.9. The molecule has 0 bridgehead atoms. The maximum atomic E-state index is 6.49. The van der Waals surface area contributed by atoms with Crippen molar-refractivity contribution in [3.63, 3.8) is 0 Å². The van der Waals surface area contributed by atoms with E-state index in [4.69, 9.17) is 33.8 Å². The van der Waals surface area contributed by atoms with Crippen LogP contribution in [0.3, 0.4) is 0 Å². The zero-order valence-corrected chi connectivity index (χ0v) is 29.8. The summed E-state index contributed by atoms with van der Waals surface area (Å²) in [4.78, 5) is 25.4. The van der Waals surface area contributed by atoms with Gasteiger partial charge in [-0.05, 0) is 47.5 Å². The largest absolute Gasteiger partial charge is 0.456 e. The third-order valence-electron chi connectivity index (χ3n) is 10.2. The highest BCUT2D eigenvalue weighted by Crippen LogP contribution is 2.41. The predicted octanol–water partition coefficient (Wildman–Crippen LogP) is 12.5. The van der Waals surface area contributed by atoms with Crippen molar-refractivity contribution in [3.8, 4) is 67.9 Å². The molecule has 7 aromatic carbocycles. The van der Waals surface area contributed by atoms with Crippen LogP contribution in [0.25, 0.3) is 112 Å². The van der Waals surface area contributed by atoms with Gasteiger partial charge in [0.2, 0.25) is 0 Å². The minimum atomic E-state index is 0.549. The van der Waals surface area contributed by atoms with Gasteiger partial charge in [-0.15, -0.1) is 0 Å². The van der Waals surface area contributed by atoms with Crippen LogP contribution >= 0.6 is 0 Å². The first-order chi connectivity index (χ1) is 27.7. The number of rotatable bonds is 6. The number of hydrogen-bond acceptors (Lipinski definition) is 7. The van der Waals surface area contributed by atoms with E-state index in [1.54, 1.807) is 0 Å². The Morgan fingerprint density at radius 2 is 0.839 bits per heavy atom. The van der Waals surface area contributed by atoms with E-state index < -0.39 is 0 Å². The minimum absolute atomic E-state index is 0.549. The van der Waals surface area contributed by atoms with Gasteiger partial charge >= 0.3 is 0 Å². The molecule has 0 saturated heterocycles. The second-order valence-corrected chi connectivity index (χ2v) is 13.6. The van der Waals surface area contributed by atoms with Crippen molar-refractivity contribution in [1.82, 2.24) is 24.9 Å². The van der Waals surface area contributed by atoms with Gasteiger partial charge in [0.15, 0.2) is 28.9 Å². The summed E-state index contributed by atoms with van der Waals surface area (Å²) in [6.45, 7) is 0. The van der Waals surface area contributed by atoms with E-state index in [9.17, 15) is 0 Å². The number of furan rings is 2. The van der Waals surface area contributed by atoms with E-state index in [1.165, 1.54) is 0 Å². The van der Waals surface area contributed by atoms with Gasteiger partial charge in [-0.2, -0.15) is 0 Å². The van der Waals surface area contributed by atoms with Crippen LogP contribution in [0.1, 0.15) is 0 Å². The molecule has 0 aliphatic heterocycles. The zero-order chi connectivity index (χ0) is 37.0. The van der Waals surface area contributed by atoms with Crippen molar-refractivity contribution in [3.05, 3.63) is 176 Å². The molecule has 11 rings (SSSR count).